The highest BCUT2D eigenvalue weighted by Crippen LogP contribution is 2.24. The number of nitrogens with zero attached hydrogens (tertiary/aromatic N) is 1. The van der Waals surface area contributed by atoms with Gasteiger partial charge in [0.1, 0.15) is 0 Å². The van der Waals surface area contributed by atoms with Crippen LogP contribution in [0.5, 0.6) is 0 Å². The van der Waals surface area contributed by atoms with E-state index >= 15 is 0 Å². The monoisotopic (exact) mass is 475 g/mol. The maximum absolute atomic E-state index is 12.8. The first-order valence-electron chi connectivity index (χ1n) is 11.4. The molecule has 1 unspecified atom stereocenters. The molecule has 7 heteroatoms. The molecule has 1 saturated heterocycles. The van der Waals surface area contributed by atoms with Crippen molar-refractivity contribution < 1.29 is 13.2 Å². The molecule has 1 fully saturated rings. The van der Waals surface area contributed by atoms with E-state index in [1.165, 1.54) is 24.5 Å². The second-order valence-electron chi connectivity index (χ2n) is 8.32. The summed E-state index contributed by atoms with van der Waals surface area (Å²) in [6, 6.07) is 26.0. The van der Waals surface area contributed by atoms with Gasteiger partial charge in [0.15, 0.2) is 0 Å². The molecule has 1 aliphatic rings. The number of rotatable bonds is 9. The average molecular weight is 476 g/mol. The number of likely N-dealkylation sites (tertiary alicyclic amines) is 1. The number of carbonyl (C=O) groups excluding carboxylic acids is 1. The van der Waals surface area contributed by atoms with E-state index in [1.807, 2.05) is 48.5 Å². The molecule has 0 aromatic heterocycles. The SMILES string of the molecule is O=C(NCC(c1ccccc1)N1CCCC1)c1ccc(NS(=O)(=O)/C=C/c2ccccc2)cc1. The summed E-state index contributed by atoms with van der Waals surface area (Å²) >= 11 is 0. The van der Waals surface area contributed by atoms with E-state index in [9.17, 15) is 13.2 Å². The van der Waals surface area contributed by atoms with Crippen LogP contribution in [0.3, 0.4) is 0 Å². The van der Waals surface area contributed by atoms with Crippen LogP contribution in [0.25, 0.3) is 6.08 Å². The van der Waals surface area contributed by atoms with Gasteiger partial charge in [-0.3, -0.25) is 14.4 Å². The molecule has 4 rings (SSSR count). The summed E-state index contributed by atoms with van der Waals surface area (Å²) in [5.41, 5.74) is 2.87. The lowest BCUT2D eigenvalue weighted by Crippen LogP contribution is -2.36. The zero-order chi connectivity index (χ0) is 23.8. The lowest BCUT2D eigenvalue weighted by molar-refractivity contribution is 0.0938. The van der Waals surface area contributed by atoms with Crippen molar-refractivity contribution in [3.05, 3.63) is 107 Å². The molecule has 176 valence electrons. The molecule has 3 aromatic carbocycles. The maximum atomic E-state index is 12.8. The molecule has 1 amide bonds. The normalized spacial score (nSPS) is 15.3. The Bertz CT molecular complexity index is 1200. The molecule has 0 radical (unpaired) electrons. The predicted molar refractivity (Wildman–Crippen MR) is 137 cm³/mol. The van der Waals surface area contributed by atoms with Gasteiger partial charge in [0.05, 0.1) is 11.4 Å². The first-order chi connectivity index (χ1) is 16.5. The van der Waals surface area contributed by atoms with Crippen LogP contribution in [0.15, 0.2) is 90.3 Å². The molecule has 0 aliphatic carbocycles. The standard InChI is InChI=1S/C27H29N3O3S/c31-27(28-21-26(30-18-7-8-19-30)23-11-5-2-6-12-23)24-13-15-25(16-14-24)29-34(32,33)20-17-22-9-3-1-4-10-22/h1-6,9-17,20,26,29H,7-8,18-19,21H2,(H,28,31)/b20-17+. The molecule has 6 nitrogen and oxygen atoms in total. The summed E-state index contributed by atoms with van der Waals surface area (Å²) in [4.78, 5) is 15.2. The largest absolute Gasteiger partial charge is 0.350 e. The Labute approximate surface area is 201 Å². The fraction of sp³-hybridized carbons (Fsp3) is 0.222. The molecule has 2 N–H and O–H groups in total. The van der Waals surface area contributed by atoms with Crippen LogP contribution in [0, 0.1) is 0 Å². The lowest BCUT2D eigenvalue weighted by atomic mass is 10.1. The minimum Gasteiger partial charge on any atom is -0.350 e. The van der Waals surface area contributed by atoms with Crippen LogP contribution in [0.1, 0.15) is 40.4 Å². The maximum Gasteiger partial charge on any atom is 0.255 e. The number of benzene rings is 3. The van der Waals surface area contributed by atoms with Crippen molar-refractivity contribution >= 4 is 27.7 Å². The highest BCUT2D eigenvalue weighted by molar-refractivity contribution is 7.95. The van der Waals surface area contributed by atoms with Gasteiger partial charge in [0, 0.05) is 17.8 Å². The van der Waals surface area contributed by atoms with Crippen molar-refractivity contribution in [2.24, 2.45) is 0 Å². The van der Waals surface area contributed by atoms with Gasteiger partial charge in [-0.05, 0) is 67.4 Å². The highest BCUT2D eigenvalue weighted by Gasteiger charge is 2.24. The van der Waals surface area contributed by atoms with Crippen LogP contribution >= 0.6 is 0 Å². The molecular weight excluding hydrogens is 446 g/mol. The van der Waals surface area contributed by atoms with E-state index in [0.717, 1.165) is 24.1 Å². The summed E-state index contributed by atoms with van der Waals surface area (Å²) in [5.74, 6) is -0.182. The number of hydrogen-bond acceptors (Lipinski definition) is 4. The van der Waals surface area contributed by atoms with Crippen molar-refractivity contribution in [1.29, 1.82) is 0 Å². The topological polar surface area (TPSA) is 78.5 Å². The first-order valence-corrected chi connectivity index (χ1v) is 13.0. The van der Waals surface area contributed by atoms with Crippen LogP contribution in [0.2, 0.25) is 0 Å². The van der Waals surface area contributed by atoms with Crippen molar-refractivity contribution in [2.45, 2.75) is 18.9 Å². The molecule has 0 saturated carbocycles. The van der Waals surface area contributed by atoms with Gasteiger partial charge < -0.3 is 5.32 Å². The van der Waals surface area contributed by atoms with E-state index in [-0.39, 0.29) is 11.9 Å². The van der Waals surface area contributed by atoms with Gasteiger partial charge in [0.2, 0.25) is 0 Å². The molecule has 1 atom stereocenters. The van der Waals surface area contributed by atoms with E-state index in [4.69, 9.17) is 0 Å². The van der Waals surface area contributed by atoms with E-state index < -0.39 is 10.0 Å². The number of anilines is 1. The fourth-order valence-corrected chi connectivity index (χ4v) is 4.97. The number of nitrogens with one attached hydrogen (secondary N) is 2. The van der Waals surface area contributed by atoms with Gasteiger partial charge >= 0.3 is 0 Å². The summed E-state index contributed by atoms with van der Waals surface area (Å²) in [5, 5.41) is 4.18. The smallest absolute Gasteiger partial charge is 0.255 e. The Morgan fingerprint density at radius 3 is 2.15 bits per heavy atom. The Balaban J connectivity index is 1.36. The molecule has 34 heavy (non-hydrogen) atoms. The lowest BCUT2D eigenvalue weighted by Gasteiger charge is -2.28. The van der Waals surface area contributed by atoms with Crippen LogP contribution in [0.4, 0.5) is 5.69 Å². The third-order valence-corrected chi connectivity index (χ3v) is 6.88. The third-order valence-electron chi connectivity index (χ3n) is 5.87. The third kappa shape index (κ3) is 6.56. The number of amides is 1. The molecule has 0 spiro atoms. The molecular formula is C27H29N3O3S. The summed E-state index contributed by atoms with van der Waals surface area (Å²) in [6.45, 7) is 2.58. The molecule has 1 heterocycles. The Hall–Kier alpha value is -3.42. The predicted octanol–water partition coefficient (Wildman–Crippen LogP) is 4.67. The quantitative estimate of drug-likeness (QED) is 0.472. The van der Waals surface area contributed by atoms with Gasteiger partial charge in [-0.2, -0.15) is 0 Å². The van der Waals surface area contributed by atoms with Gasteiger partial charge in [-0.15, -0.1) is 0 Å². The second kappa shape index (κ2) is 11.1. The van der Waals surface area contributed by atoms with Gasteiger partial charge in [0.25, 0.3) is 15.9 Å². The summed E-state index contributed by atoms with van der Waals surface area (Å²) in [7, 11) is -3.66. The van der Waals surface area contributed by atoms with Crippen molar-refractivity contribution in [3.8, 4) is 0 Å². The summed E-state index contributed by atoms with van der Waals surface area (Å²) < 4.78 is 27.2. The Morgan fingerprint density at radius 1 is 0.882 bits per heavy atom. The number of carbonyl (C=O) groups is 1. The minimum atomic E-state index is -3.66. The Morgan fingerprint density at radius 2 is 1.50 bits per heavy atom. The zero-order valence-corrected chi connectivity index (χ0v) is 19.7. The average Bonchev–Trinajstić information content (AvgIpc) is 3.39. The van der Waals surface area contributed by atoms with Crippen molar-refractivity contribution in [3.63, 3.8) is 0 Å². The number of sulfonamides is 1. The van der Waals surface area contributed by atoms with Gasteiger partial charge in [-0.1, -0.05) is 60.7 Å². The fourth-order valence-electron chi connectivity index (χ4n) is 4.10. The van der Waals surface area contributed by atoms with E-state index in [0.29, 0.717) is 17.8 Å². The second-order valence-corrected chi connectivity index (χ2v) is 9.88. The Kier molecular flexibility index (Phi) is 7.77. The van der Waals surface area contributed by atoms with Gasteiger partial charge in [-0.25, -0.2) is 8.42 Å². The summed E-state index contributed by atoms with van der Waals surface area (Å²) in [6.07, 6.45) is 3.89. The zero-order valence-electron chi connectivity index (χ0n) is 18.9. The minimum absolute atomic E-state index is 0.134. The van der Waals surface area contributed by atoms with Crippen molar-refractivity contribution in [2.75, 3.05) is 24.4 Å². The van der Waals surface area contributed by atoms with E-state index in [2.05, 4.69) is 27.1 Å². The molecule has 0 bridgehead atoms. The van der Waals surface area contributed by atoms with Crippen LogP contribution in [-0.4, -0.2) is 38.9 Å². The molecule has 1 aliphatic heterocycles. The van der Waals surface area contributed by atoms with Crippen LogP contribution < -0.4 is 10.0 Å². The van der Waals surface area contributed by atoms with E-state index in [1.54, 1.807) is 24.3 Å². The van der Waals surface area contributed by atoms with Crippen molar-refractivity contribution in [1.82, 2.24) is 10.2 Å². The molecule has 3 aromatic rings. The highest BCUT2D eigenvalue weighted by atomic mass is 32.2. The van der Waals surface area contributed by atoms with Crippen LogP contribution in [-0.2, 0) is 10.0 Å². The first kappa shape index (κ1) is 23.7. The number of hydrogen-bond donors (Lipinski definition) is 2.